The number of rotatable bonds is 3. The van der Waals surface area contributed by atoms with E-state index in [1.807, 2.05) is 19.3 Å². The topological polar surface area (TPSA) is 28.2 Å². The summed E-state index contributed by atoms with van der Waals surface area (Å²) in [6.45, 7) is 7.77. The van der Waals surface area contributed by atoms with Crippen molar-refractivity contribution in [2.24, 2.45) is 0 Å². The summed E-state index contributed by atoms with van der Waals surface area (Å²) in [5.41, 5.74) is 1.30. The Morgan fingerprint density at radius 1 is 1.44 bits per heavy atom. The smallest absolute Gasteiger partial charge is 0.133 e. The second-order valence-electron chi connectivity index (χ2n) is 5.36. The lowest BCUT2D eigenvalue weighted by Gasteiger charge is -2.25. The normalized spacial score (nSPS) is 19.6. The maximum atomic E-state index is 4.59. The van der Waals surface area contributed by atoms with Crippen molar-refractivity contribution in [3.05, 3.63) is 23.9 Å². The van der Waals surface area contributed by atoms with Gasteiger partial charge in [-0.1, -0.05) is 19.9 Å². The van der Waals surface area contributed by atoms with E-state index in [1.54, 1.807) is 0 Å². The molecule has 0 unspecified atom stereocenters. The molecule has 4 heteroatoms. The maximum absolute atomic E-state index is 4.59. The fraction of sp³-hybridized carbons (Fsp3) is 0.643. The van der Waals surface area contributed by atoms with E-state index in [-0.39, 0.29) is 0 Å². The Hall–Kier alpha value is -0.740. The van der Waals surface area contributed by atoms with Crippen molar-refractivity contribution in [1.29, 1.82) is 0 Å². The lowest BCUT2D eigenvalue weighted by atomic mass is 10.1. The molecule has 0 radical (unpaired) electrons. The molecule has 2 rings (SSSR count). The zero-order valence-electron chi connectivity index (χ0n) is 11.6. The Bertz CT molecular complexity index is 392. The molecule has 0 aromatic carbocycles. The first kappa shape index (κ1) is 13.7. The van der Waals surface area contributed by atoms with Gasteiger partial charge in [-0.15, -0.1) is 0 Å². The quantitative estimate of drug-likeness (QED) is 0.909. The van der Waals surface area contributed by atoms with E-state index in [9.17, 15) is 0 Å². The summed E-state index contributed by atoms with van der Waals surface area (Å²) in [6, 6.07) is 4.19. The summed E-state index contributed by atoms with van der Waals surface area (Å²) in [5, 5.41) is 3.22. The highest BCUT2D eigenvalue weighted by Crippen LogP contribution is 2.32. The maximum Gasteiger partial charge on any atom is 0.133 e. The average Bonchev–Trinajstić information content (AvgIpc) is 2.52. The molecule has 1 saturated heterocycles. The first-order valence-electron chi connectivity index (χ1n) is 6.60. The number of thioether (sulfide) groups is 1. The lowest BCUT2D eigenvalue weighted by molar-refractivity contribution is 0.633. The van der Waals surface area contributed by atoms with Crippen LogP contribution in [-0.2, 0) is 6.54 Å². The molecule has 1 N–H and O–H groups in total. The molecule has 0 amide bonds. The fourth-order valence-electron chi connectivity index (χ4n) is 2.28. The summed E-state index contributed by atoms with van der Waals surface area (Å²) in [7, 11) is 1.98. The van der Waals surface area contributed by atoms with Gasteiger partial charge in [-0.2, -0.15) is 11.8 Å². The van der Waals surface area contributed by atoms with Crippen molar-refractivity contribution in [2.45, 2.75) is 31.6 Å². The van der Waals surface area contributed by atoms with E-state index in [2.05, 4.69) is 46.9 Å². The van der Waals surface area contributed by atoms with Gasteiger partial charge in [-0.05, 0) is 19.5 Å². The van der Waals surface area contributed by atoms with Gasteiger partial charge in [0, 0.05) is 41.9 Å². The molecule has 18 heavy (non-hydrogen) atoms. The van der Waals surface area contributed by atoms with Gasteiger partial charge < -0.3 is 10.2 Å². The molecule has 1 fully saturated rings. The minimum absolute atomic E-state index is 0.396. The number of hydrogen-bond acceptors (Lipinski definition) is 4. The van der Waals surface area contributed by atoms with Crippen LogP contribution >= 0.6 is 11.8 Å². The van der Waals surface area contributed by atoms with Crippen LogP contribution in [0.4, 0.5) is 5.82 Å². The van der Waals surface area contributed by atoms with Crippen LogP contribution in [0.1, 0.15) is 25.8 Å². The largest absolute Gasteiger partial charge is 0.355 e. The van der Waals surface area contributed by atoms with Gasteiger partial charge in [-0.3, -0.25) is 0 Å². The number of pyridine rings is 1. The molecule has 2 heterocycles. The third kappa shape index (κ3) is 3.39. The second-order valence-corrected chi connectivity index (χ2v) is 7.16. The molecule has 0 saturated carbocycles. The van der Waals surface area contributed by atoms with Crippen LogP contribution in [0.15, 0.2) is 18.3 Å². The monoisotopic (exact) mass is 265 g/mol. The minimum atomic E-state index is 0.396. The van der Waals surface area contributed by atoms with Crippen LogP contribution in [0.25, 0.3) is 0 Å². The van der Waals surface area contributed by atoms with E-state index >= 15 is 0 Å². The van der Waals surface area contributed by atoms with Gasteiger partial charge in [0.25, 0.3) is 0 Å². The molecule has 0 atom stereocenters. The minimum Gasteiger partial charge on any atom is -0.355 e. The summed E-state index contributed by atoms with van der Waals surface area (Å²) in [5.74, 6) is 2.34. The van der Waals surface area contributed by atoms with Gasteiger partial charge >= 0.3 is 0 Å². The Labute approximate surface area is 114 Å². The van der Waals surface area contributed by atoms with E-state index in [0.29, 0.717) is 4.75 Å². The van der Waals surface area contributed by atoms with Crippen LogP contribution in [0.2, 0.25) is 0 Å². The van der Waals surface area contributed by atoms with Crippen molar-refractivity contribution in [3.63, 3.8) is 0 Å². The molecule has 3 nitrogen and oxygen atoms in total. The Kier molecular flexibility index (Phi) is 4.51. The zero-order valence-corrected chi connectivity index (χ0v) is 12.4. The van der Waals surface area contributed by atoms with Gasteiger partial charge in [-0.25, -0.2) is 4.98 Å². The van der Waals surface area contributed by atoms with E-state index in [4.69, 9.17) is 0 Å². The number of nitrogens with one attached hydrogen (secondary N) is 1. The first-order chi connectivity index (χ1) is 8.62. The average molecular weight is 265 g/mol. The van der Waals surface area contributed by atoms with Crippen LogP contribution < -0.4 is 10.2 Å². The van der Waals surface area contributed by atoms with Crippen molar-refractivity contribution < 1.29 is 0 Å². The van der Waals surface area contributed by atoms with E-state index in [0.717, 1.165) is 25.5 Å². The number of nitrogens with zero attached hydrogens (tertiary/aromatic N) is 2. The molecule has 1 aliphatic heterocycles. The Morgan fingerprint density at radius 2 is 2.28 bits per heavy atom. The van der Waals surface area contributed by atoms with Crippen LogP contribution in [0.5, 0.6) is 0 Å². The summed E-state index contributed by atoms with van der Waals surface area (Å²) in [4.78, 5) is 7.03. The molecule has 100 valence electrons. The predicted molar refractivity (Wildman–Crippen MR) is 80.4 cm³/mol. The Balaban J connectivity index is 2.15. The van der Waals surface area contributed by atoms with Gasteiger partial charge in [0.2, 0.25) is 0 Å². The zero-order chi connectivity index (χ0) is 13.0. The standard InChI is InChI=1S/C14H23N3S/c1-14(2)6-8-17(9-10-18-14)13-12(11-15-3)5-4-7-16-13/h4-5,7,15H,6,8-11H2,1-3H3. The molecule has 0 aliphatic carbocycles. The molecular formula is C14H23N3S. The van der Waals surface area contributed by atoms with Crippen LogP contribution in [-0.4, -0.2) is 35.6 Å². The molecule has 1 aromatic rings. The van der Waals surface area contributed by atoms with E-state index in [1.165, 1.54) is 17.7 Å². The van der Waals surface area contributed by atoms with E-state index < -0.39 is 0 Å². The number of anilines is 1. The lowest BCUT2D eigenvalue weighted by Crippen LogP contribution is -2.29. The van der Waals surface area contributed by atoms with Crippen LogP contribution in [0.3, 0.4) is 0 Å². The third-order valence-corrected chi connectivity index (χ3v) is 4.74. The highest BCUT2D eigenvalue weighted by Gasteiger charge is 2.24. The van der Waals surface area contributed by atoms with Crippen molar-refractivity contribution >= 4 is 17.6 Å². The molecular weight excluding hydrogens is 242 g/mol. The molecule has 0 bridgehead atoms. The van der Waals surface area contributed by atoms with Crippen LogP contribution in [0, 0.1) is 0 Å². The second kappa shape index (κ2) is 5.93. The highest BCUT2D eigenvalue weighted by molar-refractivity contribution is 8.00. The molecule has 1 aliphatic rings. The van der Waals surface area contributed by atoms with Gasteiger partial charge in [0.15, 0.2) is 0 Å². The summed E-state index contributed by atoms with van der Waals surface area (Å²) in [6.07, 6.45) is 3.12. The van der Waals surface area contributed by atoms with Gasteiger partial charge in [0.05, 0.1) is 0 Å². The predicted octanol–water partition coefficient (Wildman–Crippen LogP) is 2.52. The SMILES string of the molecule is CNCc1cccnc1N1CCSC(C)(C)CC1. The molecule has 1 aromatic heterocycles. The molecule has 0 spiro atoms. The van der Waals surface area contributed by atoms with Crippen molar-refractivity contribution in [1.82, 2.24) is 10.3 Å². The number of hydrogen-bond donors (Lipinski definition) is 1. The summed E-state index contributed by atoms with van der Waals surface area (Å²) < 4.78 is 0.396. The Morgan fingerprint density at radius 3 is 3.06 bits per heavy atom. The fourth-order valence-corrected chi connectivity index (χ4v) is 3.38. The first-order valence-corrected chi connectivity index (χ1v) is 7.58. The highest BCUT2D eigenvalue weighted by atomic mass is 32.2. The van der Waals surface area contributed by atoms with Gasteiger partial charge in [0.1, 0.15) is 5.82 Å². The van der Waals surface area contributed by atoms with Crippen molar-refractivity contribution in [2.75, 3.05) is 30.8 Å². The number of aromatic nitrogens is 1. The third-order valence-electron chi connectivity index (χ3n) is 3.37. The summed E-state index contributed by atoms with van der Waals surface area (Å²) >= 11 is 2.07. The van der Waals surface area contributed by atoms with Crippen molar-refractivity contribution in [3.8, 4) is 0 Å².